The molecule has 0 spiro atoms. The van der Waals surface area contributed by atoms with Crippen LogP contribution in [0.3, 0.4) is 0 Å². The van der Waals surface area contributed by atoms with E-state index in [2.05, 4.69) is 10.6 Å². The van der Waals surface area contributed by atoms with Crippen LogP contribution in [-0.4, -0.2) is 37.7 Å². The van der Waals surface area contributed by atoms with Gasteiger partial charge >= 0.3 is 5.97 Å². The molecule has 0 saturated heterocycles. The van der Waals surface area contributed by atoms with Crippen LogP contribution in [0, 0.1) is 0 Å². The molecule has 9 heteroatoms. The highest BCUT2D eigenvalue weighted by Crippen LogP contribution is 2.33. The largest absolute Gasteiger partial charge is 0.465 e. The molecule has 0 fully saturated rings. The Balaban J connectivity index is 1.56. The van der Waals surface area contributed by atoms with E-state index in [4.69, 9.17) is 14.2 Å². The van der Waals surface area contributed by atoms with Gasteiger partial charge in [-0.1, -0.05) is 44.2 Å². The van der Waals surface area contributed by atoms with E-state index >= 15 is 0 Å². The Kier molecular flexibility index (Phi) is 8.25. The van der Waals surface area contributed by atoms with Crippen LogP contribution in [0.5, 0.6) is 0 Å². The maximum Gasteiger partial charge on any atom is 0.337 e. The predicted molar refractivity (Wildman–Crippen MR) is 141 cm³/mol. The van der Waals surface area contributed by atoms with Gasteiger partial charge in [-0.15, -0.1) is 11.3 Å². The number of anilines is 1. The summed E-state index contributed by atoms with van der Waals surface area (Å²) < 4.78 is 15.5. The first-order chi connectivity index (χ1) is 17.9. The molecule has 2 aromatic carbocycles. The number of carbonyl (C=O) groups is 3. The zero-order valence-corrected chi connectivity index (χ0v) is 21.6. The van der Waals surface area contributed by atoms with Gasteiger partial charge in [0.25, 0.3) is 11.8 Å². The molecule has 1 aromatic heterocycles. The van der Waals surface area contributed by atoms with Crippen LogP contribution in [-0.2, 0) is 20.6 Å². The van der Waals surface area contributed by atoms with Gasteiger partial charge in [-0.05, 0) is 41.8 Å². The van der Waals surface area contributed by atoms with Crippen molar-refractivity contribution in [3.8, 4) is 0 Å². The van der Waals surface area contributed by atoms with Crippen LogP contribution >= 0.6 is 11.3 Å². The normalized spacial score (nSPS) is 13.2. The molecular formula is C28H28N2O6S. The average molecular weight is 521 g/mol. The minimum absolute atomic E-state index is 0.0997. The van der Waals surface area contributed by atoms with E-state index in [0.717, 1.165) is 10.4 Å². The van der Waals surface area contributed by atoms with Crippen LogP contribution in [0.25, 0.3) is 0 Å². The molecule has 192 valence electrons. The Hall–Kier alpha value is -4.11. The lowest BCUT2D eigenvalue weighted by molar-refractivity contribution is 0.0600. The smallest absolute Gasteiger partial charge is 0.337 e. The highest BCUT2D eigenvalue weighted by molar-refractivity contribution is 7.16. The molecule has 1 unspecified atom stereocenters. The second kappa shape index (κ2) is 11.7. The first kappa shape index (κ1) is 26.0. The van der Waals surface area contributed by atoms with E-state index < -0.39 is 17.9 Å². The van der Waals surface area contributed by atoms with Crippen molar-refractivity contribution in [2.45, 2.75) is 32.2 Å². The maximum absolute atomic E-state index is 13.5. The fourth-order valence-electron chi connectivity index (χ4n) is 3.75. The van der Waals surface area contributed by atoms with E-state index in [1.165, 1.54) is 49.0 Å². The van der Waals surface area contributed by atoms with Crippen LogP contribution in [0.1, 0.15) is 61.3 Å². The fraction of sp³-hybridized carbons (Fsp3) is 0.250. The monoisotopic (exact) mass is 520 g/mol. The lowest BCUT2D eigenvalue weighted by Gasteiger charge is -2.19. The third-order valence-corrected chi connectivity index (χ3v) is 7.14. The molecule has 4 rings (SSSR count). The van der Waals surface area contributed by atoms with Gasteiger partial charge in [0.1, 0.15) is 11.3 Å². The Labute approximate surface area is 219 Å². The maximum atomic E-state index is 13.5. The number of thiophene rings is 1. The van der Waals surface area contributed by atoms with Crippen molar-refractivity contribution in [3.63, 3.8) is 0 Å². The summed E-state index contributed by atoms with van der Waals surface area (Å²) in [6, 6.07) is 17.2. The predicted octanol–water partition coefficient (Wildman–Crippen LogP) is 5.10. The van der Waals surface area contributed by atoms with Crippen molar-refractivity contribution in [2.24, 2.45) is 0 Å². The number of amides is 2. The first-order valence-corrected chi connectivity index (χ1v) is 12.6. The van der Waals surface area contributed by atoms with E-state index in [1.54, 1.807) is 6.07 Å². The van der Waals surface area contributed by atoms with Gasteiger partial charge in [-0.25, -0.2) is 4.79 Å². The minimum atomic E-state index is -0.484. The van der Waals surface area contributed by atoms with E-state index in [-0.39, 0.29) is 18.6 Å². The average Bonchev–Trinajstić information content (AvgIpc) is 3.59. The number of methoxy groups -OCH3 is 1. The summed E-state index contributed by atoms with van der Waals surface area (Å²) in [5, 5.41) is 6.36. The zero-order valence-electron chi connectivity index (χ0n) is 20.8. The molecule has 8 nitrogen and oxygen atoms in total. The summed E-state index contributed by atoms with van der Waals surface area (Å²) in [4.78, 5) is 39.1. The van der Waals surface area contributed by atoms with Gasteiger partial charge in [-0.3, -0.25) is 9.59 Å². The van der Waals surface area contributed by atoms with Crippen molar-refractivity contribution < 1.29 is 28.6 Å². The molecule has 2 N–H and O–H groups in total. The number of hydrogen-bond acceptors (Lipinski definition) is 7. The van der Waals surface area contributed by atoms with Gasteiger partial charge in [0.2, 0.25) is 6.79 Å². The SMILES string of the molecule is COC(=O)c1ccc(C(=O)Nc2sc(C(C)C)cc2C(=O)NC(Cc2ccccc2)C2=COCO2)cc1. The fourth-order valence-corrected chi connectivity index (χ4v) is 4.80. The molecule has 37 heavy (non-hydrogen) atoms. The van der Waals surface area contributed by atoms with Crippen molar-refractivity contribution in [2.75, 3.05) is 19.2 Å². The van der Waals surface area contributed by atoms with Crippen molar-refractivity contribution in [1.82, 2.24) is 5.32 Å². The lowest BCUT2D eigenvalue weighted by Crippen LogP contribution is -2.38. The molecule has 3 aromatic rings. The van der Waals surface area contributed by atoms with Gasteiger partial charge < -0.3 is 24.8 Å². The number of rotatable bonds is 9. The topological polar surface area (TPSA) is 103 Å². The molecule has 2 heterocycles. The number of hydrogen-bond donors (Lipinski definition) is 2. The molecule has 1 aliphatic rings. The third-order valence-electron chi connectivity index (χ3n) is 5.78. The summed E-state index contributed by atoms with van der Waals surface area (Å²) in [6.07, 6.45) is 2.03. The molecule has 0 saturated carbocycles. The number of ether oxygens (including phenoxy) is 3. The molecule has 1 aliphatic heterocycles. The summed E-state index contributed by atoms with van der Waals surface area (Å²) in [7, 11) is 1.30. The molecule has 1 atom stereocenters. The van der Waals surface area contributed by atoms with Crippen LogP contribution < -0.4 is 10.6 Å². The van der Waals surface area contributed by atoms with Gasteiger partial charge in [0.05, 0.1) is 24.3 Å². The number of carbonyl (C=O) groups excluding carboxylic acids is 3. The quantitative estimate of drug-likeness (QED) is 0.381. The Bertz CT molecular complexity index is 1300. The molecule has 2 amide bonds. The van der Waals surface area contributed by atoms with E-state index in [0.29, 0.717) is 33.9 Å². The minimum Gasteiger partial charge on any atom is -0.465 e. The Morgan fingerprint density at radius 1 is 1.00 bits per heavy atom. The third kappa shape index (κ3) is 6.37. The first-order valence-electron chi connectivity index (χ1n) is 11.8. The van der Waals surface area contributed by atoms with Crippen LogP contribution in [0.4, 0.5) is 5.00 Å². The highest BCUT2D eigenvalue weighted by atomic mass is 32.1. The van der Waals surface area contributed by atoms with Gasteiger partial charge in [0.15, 0.2) is 5.76 Å². The van der Waals surface area contributed by atoms with Crippen LogP contribution in [0.15, 0.2) is 72.7 Å². The van der Waals surface area contributed by atoms with Crippen molar-refractivity contribution >= 4 is 34.1 Å². The number of benzene rings is 2. The standard InChI is InChI=1S/C28H28N2O6S/c1-17(2)24-14-21(27(37-24)30-25(31)19-9-11-20(12-10-19)28(33)34-3)26(32)29-22(23-15-35-16-36-23)13-18-7-5-4-6-8-18/h4-12,14-15,17,22H,13,16H2,1-3H3,(H,29,32)(H,30,31). The Morgan fingerprint density at radius 2 is 1.70 bits per heavy atom. The highest BCUT2D eigenvalue weighted by Gasteiger charge is 2.26. The molecular weight excluding hydrogens is 492 g/mol. The van der Waals surface area contributed by atoms with Crippen molar-refractivity contribution in [3.05, 3.63) is 99.8 Å². The summed E-state index contributed by atoms with van der Waals surface area (Å²) in [5.41, 5.74) is 2.09. The summed E-state index contributed by atoms with van der Waals surface area (Å²) in [6.45, 7) is 4.15. The molecule has 0 bridgehead atoms. The number of nitrogens with one attached hydrogen (secondary N) is 2. The zero-order chi connectivity index (χ0) is 26.4. The molecule has 0 radical (unpaired) electrons. The second-order valence-corrected chi connectivity index (χ2v) is 9.82. The Morgan fingerprint density at radius 3 is 2.32 bits per heavy atom. The van der Waals surface area contributed by atoms with Gasteiger partial charge in [-0.2, -0.15) is 0 Å². The second-order valence-electron chi connectivity index (χ2n) is 8.73. The van der Waals surface area contributed by atoms with Crippen molar-refractivity contribution in [1.29, 1.82) is 0 Å². The molecule has 0 aliphatic carbocycles. The number of esters is 1. The lowest BCUT2D eigenvalue weighted by atomic mass is 10.0. The summed E-state index contributed by atoms with van der Waals surface area (Å²) in [5.74, 6) is -0.512. The van der Waals surface area contributed by atoms with Gasteiger partial charge in [0, 0.05) is 16.9 Å². The van der Waals surface area contributed by atoms with E-state index in [1.807, 2.05) is 44.2 Å². The van der Waals surface area contributed by atoms with E-state index in [9.17, 15) is 14.4 Å². The summed E-state index contributed by atoms with van der Waals surface area (Å²) >= 11 is 1.36. The van der Waals surface area contributed by atoms with Crippen LogP contribution in [0.2, 0.25) is 0 Å².